The highest BCUT2D eigenvalue weighted by molar-refractivity contribution is 6.22. The first-order chi connectivity index (χ1) is 23.7. The predicted molar refractivity (Wildman–Crippen MR) is 194 cm³/mol. The maximum Gasteiger partial charge on any atom is 0.120 e. The summed E-state index contributed by atoms with van der Waals surface area (Å²) in [6.45, 7) is 5.83. The van der Waals surface area contributed by atoms with Gasteiger partial charge in [-0.3, -0.25) is 4.90 Å². The van der Waals surface area contributed by atoms with E-state index in [1.165, 1.54) is 37.9 Å². The van der Waals surface area contributed by atoms with Crippen LogP contribution in [0.25, 0.3) is 0 Å². The van der Waals surface area contributed by atoms with Gasteiger partial charge in [0.05, 0.1) is 11.4 Å². The fourth-order valence-corrected chi connectivity index (χ4v) is 7.18. The zero-order chi connectivity index (χ0) is 32.5. The lowest BCUT2D eigenvalue weighted by molar-refractivity contribution is 0.183. The fraction of sp³-hybridized carbons (Fsp3) is 0.286. The first kappa shape index (κ1) is 32.1. The molecule has 2 unspecified atom stereocenters. The van der Waals surface area contributed by atoms with E-state index in [-0.39, 0.29) is 11.4 Å². The Hall–Kier alpha value is -4.45. The average Bonchev–Trinajstić information content (AvgIpc) is 3.42. The van der Waals surface area contributed by atoms with Crippen molar-refractivity contribution < 1.29 is 14.2 Å². The van der Waals surface area contributed by atoms with E-state index in [9.17, 15) is 0 Å². The van der Waals surface area contributed by atoms with Crippen molar-refractivity contribution in [3.8, 4) is 17.2 Å². The Kier molecular flexibility index (Phi) is 10.5. The Morgan fingerprint density at radius 2 is 1.17 bits per heavy atom. The molecule has 2 heterocycles. The van der Waals surface area contributed by atoms with Gasteiger partial charge in [-0.1, -0.05) is 91.3 Å². The van der Waals surface area contributed by atoms with Crippen molar-refractivity contribution in [3.05, 3.63) is 155 Å². The number of likely N-dealkylation sites (tertiary alicyclic amines) is 1. The third-order valence-corrected chi connectivity index (χ3v) is 9.81. The zero-order valence-electron chi connectivity index (χ0n) is 27.3. The van der Waals surface area contributed by atoms with E-state index >= 15 is 0 Å². The van der Waals surface area contributed by atoms with E-state index < -0.39 is 0 Å². The minimum Gasteiger partial charge on any atom is -0.492 e. The second-order valence-electron chi connectivity index (χ2n) is 12.7. The van der Waals surface area contributed by atoms with Crippen LogP contribution in [0.15, 0.2) is 127 Å². The van der Waals surface area contributed by atoms with Crippen LogP contribution >= 0.6 is 11.6 Å². The highest BCUT2D eigenvalue weighted by Gasteiger charge is 2.38. The van der Waals surface area contributed by atoms with Crippen molar-refractivity contribution >= 4 is 17.3 Å². The first-order valence-corrected chi connectivity index (χ1v) is 17.6. The zero-order valence-corrected chi connectivity index (χ0v) is 28.1. The van der Waals surface area contributed by atoms with Gasteiger partial charge in [0.2, 0.25) is 0 Å². The van der Waals surface area contributed by atoms with Crippen LogP contribution in [0.4, 0.5) is 5.69 Å². The van der Waals surface area contributed by atoms with E-state index in [4.69, 9.17) is 25.8 Å². The number of ether oxygens (including phenoxy) is 3. The molecule has 2 atom stereocenters. The first-order valence-electron chi connectivity index (χ1n) is 17.1. The molecule has 1 fully saturated rings. The summed E-state index contributed by atoms with van der Waals surface area (Å²) in [5.41, 5.74) is 6.82. The number of nitrogens with zero attached hydrogens (tertiary/aromatic N) is 2. The molecule has 246 valence electrons. The smallest absolute Gasteiger partial charge is 0.120 e. The molecule has 0 saturated carbocycles. The average molecular weight is 659 g/mol. The molecule has 0 radical (unpaired) electrons. The van der Waals surface area contributed by atoms with Gasteiger partial charge in [-0.05, 0) is 96.2 Å². The molecule has 0 aromatic heterocycles. The normalized spacial score (nSPS) is 17.6. The number of halogens is 1. The van der Waals surface area contributed by atoms with Crippen LogP contribution in [-0.4, -0.2) is 31.1 Å². The molecule has 7 rings (SSSR count). The molecule has 0 aliphatic carbocycles. The SMILES string of the molecule is ClC1c2cc(OCc3ccccc3)ccc2N(Cc2ccc(OCCN3CCCCC3)cc2)C1c1ccc(OCc2ccccc2)cc1. The number of piperidine rings is 1. The van der Waals surface area contributed by atoms with Gasteiger partial charge in [0.1, 0.15) is 37.1 Å². The lowest BCUT2D eigenvalue weighted by Gasteiger charge is -2.29. The predicted octanol–water partition coefficient (Wildman–Crippen LogP) is 9.75. The molecule has 5 aromatic rings. The van der Waals surface area contributed by atoms with E-state index in [0.717, 1.165) is 51.7 Å². The van der Waals surface area contributed by atoms with Crippen LogP contribution in [0.5, 0.6) is 17.2 Å². The van der Waals surface area contributed by atoms with Crippen molar-refractivity contribution in [2.45, 2.75) is 50.4 Å². The van der Waals surface area contributed by atoms with Crippen LogP contribution in [-0.2, 0) is 19.8 Å². The van der Waals surface area contributed by atoms with Gasteiger partial charge in [0.25, 0.3) is 0 Å². The number of fused-ring (bicyclic) bond motifs is 1. The largest absolute Gasteiger partial charge is 0.492 e. The van der Waals surface area contributed by atoms with Crippen LogP contribution in [0, 0.1) is 0 Å². The van der Waals surface area contributed by atoms with Gasteiger partial charge in [-0.25, -0.2) is 0 Å². The summed E-state index contributed by atoms with van der Waals surface area (Å²) >= 11 is 7.37. The van der Waals surface area contributed by atoms with E-state index in [1.807, 2.05) is 48.5 Å². The van der Waals surface area contributed by atoms with Crippen LogP contribution < -0.4 is 19.1 Å². The maximum absolute atomic E-state index is 7.37. The lowest BCUT2D eigenvalue weighted by Crippen LogP contribution is -2.33. The molecule has 5 nitrogen and oxygen atoms in total. The topological polar surface area (TPSA) is 34.2 Å². The van der Waals surface area contributed by atoms with Gasteiger partial charge < -0.3 is 19.1 Å². The monoisotopic (exact) mass is 658 g/mol. The Balaban J connectivity index is 1.07. The van der Waals surface area contributed by atoms with Gasteiger partial charge in [-0.2, -0.15) is 0 Å². The summed E-state index contributed by atoms with van der Waals surface area (Å²) < 4.78 is 18.4. The second-order valence-corrected chi connectivity index (χ2v) is 13.2. The molecule has 6 heteroatoms. The van der Waals surface area contributed by atoms with Gasteiger partial charge >= 0.3 is 0 Å². The minimum atomic E-state index is -0.256. The summed E-state index contributed by atoms with van der Waals surface area (Å²) in [5, 5.41) is -0.256. The number of anilines is 1. The summed E-state index contributed by atoms with van der Waals surface area (Å²) in [5.74, 6) is 2.57. The molecule has 0 amide bonds. The maximum atomic E-state index is 7.37. The molecule has 48 heavy (non-hydrogen) atoms. The fourth-order valence-electron chi connectivity index (χ4n) is 6.72. The summed E-state index contributed by atoms with van der Waals surface area (Å²) in [4.78, 5) is 4.92. The minimum absolute atomic E-state index is 0.0605. The standard InChI is InChI=1S/C42H43ClN2O3/c43-41-39-28-38(48-31-34-12-6-2-7-13-34)22-23-40(39)45(29-32-14-18-36(19-15-32)46-27-26-44-24-8-3-9-25-44)42(41)35-16-20-37(21-17-35)47-30-33-10-4-1-5-11-33/h1-2,4-7,10-23,28,41-42H,3,8-9,24-27,29-31H2. The molecule has 1 saturated heterocycles. The van der Waals surface area contributed by atoms with Crippen LogP contribution in [0.1, 0.15) is 58.5 Å². The summed E-state index contributed by atoms with van der Waals surface area (Å²) in [6, 6.07) is 43.6. The highest BCUT2D eigenvalue weighted by Crippen LogP contribution is 2.52. The molecular weight excluding hydrogens is 616 g/mol. The van der Waals surface area contributed by atoms with Gasteiger partial charge in [0, 0.05) is 18.8 Å². The number of hydrogen-bond donors (Lipinski definition) is 0. The number of rotatable bonds is 13. The van der Waals surface area contributed by atoms with Crippen LogP contribution in [0.2, 0.25) is 0 Å². The molecule has 2 aliphatic rings. The Labute approximate surface area is 289 Å². The Bertz CT molecular complexity index is 1730. The highest BCUT2D eigenvalue weighted by atomic mass is 35.5. The molecule has 0 bridgehead atoms. The lowest BCUT2D eigenvalue weighted by atomic mass is 10.0. The molecule has 5 aromatic carbocycles. The van der Waals surface area contributed by atoms with Crippen LogP contribution in [0.3, 0.4) is 0 Å². The number of benzene rings is 5. The van der Waals surface area contributed by atoms with E-state index in [0.29, 0.717) is 26.4 Å². The van der Waals surface area contributed by atoms with Gasteiger partial charge in [0.15, 0.2) is 0 Å². The van der Waals surface area contributed by atoms with Crippen molar-refractivity contribution in [2.24, 2.45) is 0 Å². The summed E-state index contributed by atoms with van der Waals surface area (Å²) in [7, 11) is 0. The summed E-state index contributed by atoms with van der Waals surface area (Å²) in [6.07, 6.45) is 3.95. The van der Waals surface area contributed by atoms with E-state index in [2.05, 4.69) is 88.7 Å². The Morgan fingerprint density at radius 1 is 0.583 bits per heavy atom. The third kappa shape index (κ3) is 7.98. The van der Waals surface area contributed by atoms with Crippen molar-refractivity contribution in [1.29, 1.82) is 0 Å². The van der Waals surface area contributed by atoms with Gasteiger partial charge in [-0.15, -0.1) is 11.6 Å². The van der Waals surface area contributed by atoms with E-state index in [1.54, 1.807) is 0 Å². The quantitative estimate of drug-likeness (QED) is 0.118. The third-order valence-electron chi connectivity index (χ3n) is 9.34. The van der Waals surface area contributed by atoms with Crippen molar-refractivity contribution in [2.75, 3.05) is 31.1 Å². The van der Waals surface area contributed by atoms with Crippen molar-refractivity contribution in [1.82, 2.24) is 4.90 Å². The molecular formula is C42H43ClN2O3. The second kappa shape index (κ2) is 15.6. The molecule has 2 aliphatic heterocycles. The van der Waals surface area contributed by atoms with Crippen molar-refractivity contribution in [3.63, 3.8) is 0 Å². The number of hydrogen-bond acceptors (Lipinski definition) is 5. The molecule has 0 N–H and O–H groups in total. The number of alkyl halides is 1. The Morgan fingerprint density at radius 3 is 1.83 bits per heavy atom. The molecule has 0 spiro atoms.